The second-order valence-corrected chi connectivity index (χ2v) is 4.18. The van der Waals surface area contributed by atoms with Crippen LogP contribution >= 0.6 is 0 Å². The highest BCUT2D eigenvalue weighted by atomic mass is 16.5. The second kappa shape index (κ2) is 5.37. The number of ether oxygens (including phenoxy) is 1. The zero-order valence-corrected chi connectivity index (χ0v) is 10.6. The van der Waals surface area contributed by atoms with Gasteiger partial charge in [-0.2, -0.15) is 5.26 Å². The second-order valence-electron chi connectivity index (χ2n) is 4.18. The summed E-state index contributed by atoms with van der Waals surface area (Å²) >= 11 is 0. The largest absolute Gasteiger partial charge is 0.496 e. The minimum absolute atomic E-state index is 0.372. The van der Waals surface area contributed by atoms with E-state index in [1.165, 1.54) is 11.1 Å². The van der Waals surface area contributed by atoms with Crippen LogP contribution in [0.3, 0.4) is 0 Å². The van der Waals surface area contributed by atoms with E-state index in [1.54, 1.807) is 7.11 Å². The van der Waals surface area contributed by atoms with Gasteiger partial charge in [0.25, 0.3) is 0 Å². The molecular formula is C16H15NO. The molecule has 0 saturated carbocycles. The lowest BCUT2D eigenvalue weighted by Crippen LogP contribution is -1.92. The van der Waals surface area contributed by atoms with Crippen LogP contribution in [-0.4, -0.2) is 7.11 Å². The predicted octanol–water partition coefficient (Wildman–Crippen LogP) is 3.74. The zero-order valence-electron chi connectivity index (χ0n) is 10.6. The maximum absolute atomic E-state index is 8.76. The molecule has 2 aromatic carbocycles. The van der Waals surface area contributed by atoms with Crippen LogP contribution < -0.4 is 4.74 Å². The lowest BCUT2D eigenvalue weighted by molar-refractivity contribution is 0.411. The molecule has 2 rings (SSSR count). The minimum Gasteiger partial charge on any atom is -0.496 e. The highest BCUT2D eigenvalue weighted by Gasteiger charge is 2.07. The van der Waals surface area contributed by atoms with Gasteiger partial charge >= 0.3 is 0 Å². The summed E-state index contributed by atoms with van der Waals surface area (Å²) in [6, 6.07) is 16.4. The van der Waals surface area contributed by atoms with Gasteiger partial charge < -0.3 is 4.74 Å². The Morgan fingerprint density at radius 1 is 1.17 bits per heavy atom. The van der Waals surface area contributed by atoms with Crippen molar-refractivity contribution in [2.45, 2.75) is 13.3 Å². The molecule has 0 atom stereocenters. The van der Waals surface area contributed by atoms with Crippen LogP contribution in [0.2, 0.25) is 0 Å². The Labute approximate surface area is 107 Å². The molecule has 0 bridgehead atoms. The number of hydrogen-bond acceptors (Lipinski definition) is 2. The van der Waals surface area contributed by atoms with Crippen molar-refractivity contribution in [3.05, 3.63) is 53.6 Å². The number of rotatable bonds is 3. The lowest BCUT2D eigenvalue weighted by atomic mass is 9.98. The van der Waals surface area contributed by atoms with Crippen molar-refractivity contribution < 1.29 is 4.74 Å². The summed E-state index contributed by atoms with van der Waals surface area (Å²) in [6.45, 7) is 2.09. The van der Waals surface area contributed by atoms with Crippen LogP contribution in [0, 0.1) is 18.3 Å². The molecule has 2 heteroatoms. The fourth-order valence-electron chi connectivity index (χ4n) is 2.04. The Morgan fingerprint density at radius 3 is 2.61 bits per heavy atom. The Kier molecular flexibility index (Phi) is 3.64. The van der Waals surface area contributed by atoms with E-state index in [0.29, 0.717) is 6.42 Å². The van der Waals surface area contributed by atoms with Crippen LogP contribution in [0.5, 0.6) is 5.75 Å². The van der Waals surface area contributed by atoms with E-state index in [4.69, 9.17) is 10.00 Å². The van der Waals surface area contributed by atoms with E-state index in [2.05, 4.69) is 25.1 Å². The van der Waals surface area contributed by atoms with E-state index >= 15 is 0 Å². The third-order valence-corrected chi connectivity index (χ3v) is 3.01. The fraction of sp³-hybridized carbons (Fsp3) is 0.188. The van der Waals surface area contributed by atoms with Crippen LogP contribution in [0.4, 0.5) is 0 Å². The standard InChI is InChI=1S/C16H15NO/c1-12-5-3-4-6-15(12)14-8-7-13(9-10-17)16(11-14)18-2/h3-8,11H,9H2,1-2H3. The number of nitrogens with zero attached hydrogens (tertiary/aromatic N) is 1. The molecule has 2 nitrogen and oxygen atoms in total. The van der Waals surface area contributed by atoms with Crippen molar-refractivity contribution >= 4 is 0 Å². The van der Waals surface area contributed by atoms with Gasteiger partial charge in [-0.1, -0.05) is 36.4 Å². The highest BCUT2D eigenvalue weighted by Crippen LogP contribution is 2.29. The van der Waals surface area contributed by atoms with Crippen molar-refractivity contribution in [3.8, 4) is 22.9 Å². The average molecular weight is 237 g/mol. The third-order valence-electron chi connectivity index (χ3n) is 3.01. The van der Waals surface area contributed by atoms with Gasteiger partial charge in [-0.05, 0) is 29.7 Å². The molecule has 0 spiro atoms. The first kappa shape index (κ1) is 12.2. The van der Waals surface area contributed by atoms with E-state index in [1.807, 2.05) is 30.3 Å². The molecule has 0 heterocycles. The van der Waals surface area contributed by atoms with Crippen LogP contribution in [-0.2, 0) is 6.42 Å². The molecule has 0 aliphatic carbocycles. The van der Waals surface area contributed by atoms with Gasteiger partial charge in [-0.25, -0.2) is 0 Å². The van der Waals surface area contributed by atoms with E-state index in [0.717, 1.165) is 16.9 Å². The van der Waals surface area contributed by atoms with Gasteiger partial charge in [0.2, 0.25) is 0 Å². The van der Waals surface area contributed by atoms with Gasteiger partial charge in [-0.3, -0.25) is 0 Å². The smallest absolute Gasteiger partial charge is 0.123 e. The Morgan fingerprint density at radius 2 is 1.94 bits per heavy atom. The molecule has 0 unspecified atom stereocenters. The first-order valence-corrected chi connectivity index (χ1v) is 5.86. The lowest BCUT2D eigenvalue weighted by Gasteiger charge is -2.10. The Bertz CT molecular complexity index is 596. The quantitative estimate of drug-likeness (QED) is 0.814. The highest BCUT2D eigenvalue weighted by molar-refractivity contribution is 5.69. The van der Waals surface area contributed by atoms with Gasteiger partial charge in [0, 0.05) is 5.56 Å². The van der Waals surface area contributed by atoms with Crippen molar-refractivity contribution in [2.24, 2.45) is 0 Å². The molecule has 0 N–H and O–H groups in total. The third kappa shape index (κ3) is 2.36. The first-order chi connectivity index (χ1) is 8.76. The number of hydrogen-bond donors (Lipinski definition) is 0. The van der Waals surface area contributed by atoms with Crippen molar-refractivity contribution in [2.75, 3.05) is 7.11 Å². The number of benzene rings is 2. The first-order valence-electron chi connectivity index (χ1n) is 5.86. The Hall–Kier alpha value is -2.27. The van der Waals surface area contributed by atoms with E-state index < -0.39 is 0 Å². The van der Waals surface area contributed by atoms with Crippen LogP contribution in [0.15, 0.2) is 42.5 Å². The normalized spacial score (nSPS) is 9.83. The zero-order chi connectivity index (χ0) is 13.0. The number of nitriles is 1. The van der Waals surface area contributed by atoms with Crippen molar-refractivity contribution in [3.63, 3.8) is 0 Å². The summed E-state index contributed by atoms with van der Waals surface area (Å²) in [5.74, 6) is 0.775. The van der Waals surface area contributed by atoms with Gasteiger partial charge in [0.15, 0.2) is 0 Å². The minimum atomic E-state index is 0.372. The van der Waals surface area contributed by atoms with Gasteiger partial charge in [-0.15, -0.1) is 0 Å². The maximum atomic E-state index is 8.76. The van der Waals surface area contributed by atoms with Crippen molar-refractivity contribution in [1.82, 2.24) is 0 Å². The summed E-state index contributed by atoms with van der Waals surface area (Å²) < 4.78 is 5.35. The molecule has 0 radical (unpaired) electrons. The summed E-state index contributed by atoms with van der Waals surface area (Å²) in [5, 5.41) is 8.76. The molecule has 0 aromatic heterocycles. The van der Waals surface area contributed by atoms with Gasteiger partial charge in [0.1, 0.15) is 5.75 Å². The topological polar surface area (TPSA) is 33.0 Å². The molecule has 0 amide bonds. The number of methoxy groups -OCH3 is 1. The molecule has 0 aliphatic rings. The summed E-state index contributed by atoms with van der Waals surface area (Å²) in [7, 11) is 1.64. The monoisotopic (exact) mass is 237 g/mol. The molecule has 0 fully saturated rings. The average Bonchev–Trinajstić information content (AvgIpc) is 2.40. The van der Waals surface area contributed by atoms with E-state index in [9.17, 15) is 0 Å². The summed E-state index contributed by atoms with van der Waals surface area (Å²) in [6.07, 6.45) is 0.372. The number of aryl methyl sites for hydroxylation is 1. The fourth-order valence-corrected chi connectivity index (χ4v) is 2.04. The molecule has 0 saturated heterocycles. The molecule has 2 aromatic rings. The summed E-state index contributed by atoms with van der Waals surface area (Å²) in [5.41, 5.74) is 4.47. The summed E-state index contributed by atoms with van der Waals surface area (Å²) in [4.78, 5) is 0. The molecule has 18 heavy (non-hydrogen) atoms. The van der Waals surface area contributed by atoms with Crippen molar-refractivity contribution in [1.29, 1.82) is 5.26 Å². The molecule has 90 valence electrons. The molecular weight excluding hydrogens is 222 g/mol. The van der Waals surface area contributed by atoms with Crippen LogP contribution in [0.25, 0.3) is 11.1 Å². The predicted molar refractivity (Wildman–Crippen MR) is 72.5 cm³/mol. The Balaban J connectivity index is 2.48. The van der Waals surface area contributed by atoms with Gasteiger partial charge in [0.05, 0.1) is 19.6 Å². The van der Waals surface area contributed by atoms with E-state index in [-0.39, 0.29) is 0 Å². The maximum Gasteiger partial charge on any atom is 0.123 e. The SMILES string of the molecule is COc1cc(-c2ccccc2C)ccc1CC#N. The molecule has 0 aliphatic heterocycles. The van der Waals surface area contributed by atoms with Crippen LogP contribution in [0.1, 0.15) is 11.1 Å².